The van der Waals surface area contributed by atoms with E-state index in [1.54, 1.807) is 0 Å². The summed E-state index contributed by atoms with van der Waals surface area (Å²) < 4.78 is 0. The molecular weight excluding hydrogens is 257 g/mol. The lowest BCUT2D eigenvalue weighted by Crippen LogP contribution is -2.47. The number of primary amides is 1. The van der Waals surface area contributed by atoms with Crippen LogP contribution in [0.25, 0.3) is 0 Å². The van der Waals surface area contributed by atoms with Crippen LogP contribution in [0.3, 0.4) is 0 Å². The third-order valence-electron chi connectivity index (χ3n) is 2.00. The van der Waals surface area contributed by atoms with Gasteiger partial charge < -0.3 is 15.9 Å². The van der Waals surface area contributed by atoms with E-state index >= 15 is 0 Å². The molecule has 1 rings (SSSR count). The van der Waals surface area contributed by atoms with Crippen molar-refractivity contribution in [1.29, 1.82) is 0 Å². The maximum absolute atomic E-state index is 11.0. The van der Waals surface area contributed by atoms with Crippen LogP contribution in [0.4, 0.5) is 0 Å². The van der Waals surface area contributed by atoms with Crippen LogP contribution in [0.1, 0.15) is 5.56 Å². The van der Waals surface area contributed by atoms with Gasteiger partial charge in [-0.1, -0.05) is 29.3 Å². The summed E-state index contributed by atoms with van der Waals surface area (Å²) in [6, 6.07) is 3.49. The number of rotatable bonds is 3. The van der Waals surface area contributed by atoms with E-state index in [0.717, 1.165) is 12.1 Å². The zero-order valence-corrected chi connectivity index (χ0v) is 9.29. The topological polar surface area (TPSA) is 101 Å². The number of hydrogen-bond acceptors (Lipinski definition) is 3. The smallest absolute Gasteiger partial charge is 0.350 e. The molecule has 1 aromatic carbocycles. The number of carboxylic acid groups (broad SMARTS) is 1. The van der Waals surface area contributed by atoms with E-state index in [1.165, 1.54) is 6.07 Å². The van der Waals surface area contributed by atoms with Crippen molar-refractivity contribution in [2.45, 2.75) is 5.60 Å². The molecule has 4 N–H and O–H groups in total. The first-order chi connectivity index (χ1) is 7.30. The van der Waals surface area contributed by atoms with E-state index in [9.17, 15) is 14.7 Å². The van der Waals surface area contributed by atoms with Crippen LogP contribution in [-0.2, 0) is 15.2 Å². The first-order valence-electron chi connectivity index (χ1n) is 4.01. The van der Waals surface area contributed by atoms with Crippen LogP contribution >= 0.6 is 23.2 Å². The first-order valence-corrected chi connectivity index (χ1v) is 4.77. The number of benzene rings is 1. The number of nitrogens with two attached hydrogens (primary N) is 1. The Morgan fingerprint density at radius 3 is 2.19 bits per heavy atom. The summed E-state index contributed by atoms with van der Waals surface area (Å²) in [7, 11) is 0. The number of amides is 1. The molecule has 0 aromatic heterocycles. The maximum Gasteiger partial charge on any atom is 0.350 e. The molecule has 0 aliphatic rings. The molecular formula is C9H7Cl2NO4. The Balaban J connectivity index is 3.39. The molecule has 1 atom stereocenters. The molecule has 0 spiro atoms. The molecule has 0 aliphatic heterocycles. The highest BCUT2D eigenvalue weighted by molar-refractivity contribution is 6.42. The lowest BCUT2D eigenvalue weighted by atomic mass is 9.93. The predicted octanol–water partition coefficient (Wildman–Crippen LogP) is 0.751. The van der Waals surface area contributed by atoms with Gasteiger partial charge in [0.05, 0.1) is 10.0 Å². The number of carboxylic acids is 1. The second kappa shape index (κ2) is 4.29. The van der Waals surface area contributed by atoms with E-state index in [-0.39, 0.29) is 15.6 Å². The molecule has 16 heavy (non-hydrogen) atoms. The van der Waals surface area contributed by atoms with E-state index < -0.39 is 17.5 Å². The number of aliphatic hydroxyl groups is 1. The van der Waals surface area contributed by atoms with Gasteiger partial charge in [-0.05, 0) is 12.1 Å². The largest absolute Gasteiger partial charge is 0.478 e. The second-order valence-corrected chi connectivity index (χ2v) is 3.82. The number of aliphatic carboxylic acids is 1. The summed E-state index contributed by atoms with van der Waals surface area (Å²) in [4.78, 5) is 21.8. The van der Waals surface area contributed by atoms with E-state index in [1.807, 2.05) is 0 Å². The van der Waals surface area contributed by atoms with Gasteiger partial charge in [-0.25, -0.2) is 4.79 Å². The third kappa shape index (κ3) is 1.97. The minimum absolute atomic E-state index is 0.0140. The van der Waals surface area contributed by atoms with Crippen molar-refractivity contribution < 1.29 is 19.8 Å². The van der Waals surface area contributed by atoms with Crippen molar-refractivity contribution in [3.63, 3.8) is 0 Å². The van der Waals surface area contributed by atoms with Crippen LogP contribution in [0, 0.1) is 0 Å². The normalized spacial score (nSPS) is 14.2. The summed E-state index contributed by atoms with van der Waals surface area (Å²) in [5, 5.41) is 18.6. The standard InChI is InChI=1S/C9H7Cl2NO4/c10-5-2-1-4(3-6(5)11)9(16,7(12)13)8(14)15/h1-3,16H,(H2,12,13)(H,14,15). The quantitative estimate of drug-likeness (QED) is 0.701. The predicted molar refractivity (Wildman–Crippen MR) is 57.2 cm³/mol. The van der Waals surface area contributed by atoms with Gasteiger partial charge in [0.25, 0.3) is 11.5 Å². The molecule has 0 radical (unpaired) electrons. The van der Waals surface area contributed by atoms with Crippen molar-refractivity contribution in [1.82, 2.24) is 0 Å². The summed E-state index contributed by atoms with van der Waals surface area (Å²) >= 11 is 11.3. The molecule has 0 fully saturated rings. The monoisotopic (exact) mass is 263 g/mol. The molecule has 0 aliphatic carbocycles. The Kier molecular flexibility index (Phi) is 3.42. The van der Waals surface area contributed by atoms with Gasteiger partial charge >= 0.3 is 5.97 Å². The third-order valence-corrected chi connectivity index (χ3v) is 2.74. The van der Waals surface area contributed by atoms with Crippen molar-refractivity contribution in [2.24, 2.45) is 5.73 Å². The molecule has 86 valence electrons. The zero-order valence-electron chi connectivity index (χ0n) is 7.78. The summed E-state index contributed by atoms with van der Waals surface area (Å²) in [6.07, 6.45) is 0. The molecule has 0 heterocycles. The average molecular weight is 264 g/mol. The number of hydrogen-bond donors (Lipinski definition) is 3. The van der Waals surface area contributed by atoms with Gasteiger partial charge in [-0.3, -0.25) is 4.79 Å². The van der Waals surface area contributed by atoms with Gasteiger partial charge in [0.1, 0.15) is 0 Å². The van der Waals surface area contributed by atoms with Crippen LogP contribution in [-0.4, -0.2) is 22.1 Å². The van der Waals surface area contributed by atoms with Gasteiger partial charge in [-0.15, -0.1) is 0 Å². The molecule has 7 heteroatoms. The Morgan fingerprint density at radius 2 is 1.81 bits per heavy atom. The van der Waals surface area contributed by atoms with E-state index in [0.29, 0.717) is 0 Å². The van der Waals surface area contributed by atoms with Crippen molar-refractivity contribution >= 4 is 35.1 Å². The van der Waals surface area contributed by atoms with E-state index in [2.05, 4.69) is 0 Å². The van der Waals surface area contributed by atoms with Crippen LogP contribution < -0.4 is 5.73 Å². The first kappa shape index (κ1) is 12.8. The van der Waals surface area contributed by atoms with Crippen molar-refractivity contribution in [2.75, 3.05) is 0 Å². The number of carbonyl (C=O) groups is 2. The summed E-state index contributed by atoms with van der Waals surface area (Å²) in [5.74, 6) is -3.18. The minimum Gasteiger partial charge on any atom is -0.478 e. The van der Waals surface area contributed by atoms with Crippen LogP contribution in [0.5, 0.6) is 0 Å². The molecule has 1 amide bonds. The SMILES string of the molecule is NC(=O)C(O)(C(=O)O)c1ccc(Cl)c(Cl)c1. The van der Waals surface area contributed by atoms with E-state index in [4.69, 9.17) is 34.0 Å². The fourth-order valence-electron chi connectivity index (χ4n) is 1.09. The Labute approximate surface area is 100 Å². The van der Waals surface area contributed by atoms with Crippen molar-refractivity contribution in [3.8, 4) is 0 Å². The van der Waals surface area contributed by atoms with Crippen molar-refractivity contribution in [3.05, 3.63) is 33.8 Å². The van der Waals surface area contributed by atoms with Gasteiger partial charge in [0.2, 0.25) is 0 Å². The highest BCUT2D eigenvalue weighted by Gasteiger charge is 2.44. The highest BCUT2D eigenvalue weighted by atomic mass is 35.5. The Hall–Kier alpha value is -1.30. The minimum atomic E-state index is -2.81. The fourth-order valence-corrected chi connectivity index (χ4v) is 1.39. The second-order valence-electron chi connectivity index (χ2n) is 3.01. The summed E-state index contributed by atoms with van der Waals surface area (Å²) in [5.41, 5.74) is 1.79. The van der Waals surface area contributed by atoms with Gasteiger partial charge in [-0.2, -0.15) is 0 Å². The molecule has 5 nitrogen and oxygen atoms in total. The van der Waals surface area contributed by atoms with Crippen LogP contribution in [0.15, 0.2) is 18.2 Å². The zero-order chi connectivity index (χ0) is 12.5. The highest BCUT2D eigenvalue weighted by Crippen LogP contribution is 2.28. The van der Waals surface area contributed by atoms with Crippen LogP contribution in [0.2, 0.25) is 10.0 Å². The molecule has 0 saturated heterocycles. The summed E-state index contributed by atoms with van der Waals surface area (Å²) in [6.45, 7) is 0. The Morgan fingerprint density at radius 1 is 1.25 bits per heavy atom. The molecule has 1 aromatic rings. The number of carbonyl (C=O) groups excluding carboxylic acids is 1. The van der Waals surface area contributed by atoms with Gasteiger partial charge in [0, 0.05) is 5.56 Å². The molecule has 0 bridgehead atoms. The molecule has 1 unspecified atom stereocenters. The number of halogens is 2. The maximum atomic E-state index is 11.0. The Bertz CT molecular complexity index is 447. The van der Waals surface area contributed by atoms with Gasteiger partial charge in [0.15, 0.2) is 0 Å². The fraction of sp³-hybridized carbons (Fsp3) is 0.111. The molecule has 0 saturated carbocycles. The lowest BCUT2D eigenvalue weighted by Gasteiger charge is -2.20. The average Bonchev–Trinajstić information content (AvgIpc) is 2.20. The lowest BCUT2D eigenvalue weighted by molar-refractivity contribution is -0.166.